The van der Waals surface area contributed by atoms with E-state index in [1.54, 1.807) is 15.6 Å². The number of halogens is 1. The van der Waals surface area contributed by atoms with Gasteiger partial charge in [0.25, 0.3) is 0 Å². The molecule has 0 saturated heterocycles. The zero-order chi connectivity index (χ0) is 14.2. The zero-order valence-electron chi connectivity index (χ0n) is 10.6. The highest BCUT2D eigenvalue weighted by Crippen LogP contribution is 2.34. The Bertz CT molecular complexity index is 680. The summed E-state index contributed by atoms with van der Waals surface area (Å²) in [6.45, 7) is 0.424. The molecule has 0 N–H and O–H groups in total. The standard InChI is InChI=1S/C13H13ClN2O2S2/c14-13-6-5-12(8-15-13)20(17,18)16(10-3-4-10)9-11-2-1-7-19-11/h1-2,5-8,10H,3-4,9H2. The van der Waals surface area contributed by atoms with E-state index in [-0.39, 0.29) is 10.9 Å². The van der Waals surface area contributed by atoms with E-state index in [2.05, 4.69) is 4.98 Å². The molecule has 0 spiro atoms. The van der Waals surface area contributed by atoms with Gasteiger partial charge in [-0.25, -0.2) is 13.4 Å². The molecule has 7 heteroatoms. The molecular formula is C13H13ClN2O2S2. The van der Waals surface area contributed by atoms with Crippen LogP contribution in [0, 0.1) is 0 Å². The number of nitrogens with zero attached hydrogens (tertiary/aromatic N) is 2. The lowest BCUT2D eigenvalue weighted by atomic mass is 10.4. The number of aromatic nitrogens is 1. The summed E-state index contributed by atoms with van der Waals surface area (Å²) in [5.41, 5.74) is 0. The summed E-state index contributed by atoms with van der Waals surface area (Å²) in [6.07, 6.45) is 3.17. The summed E-state index contributed by atoms with van der Waals surface area (Å²) in [5, 5.41) is 2.25. The number of hydrogen-bond donors (Lipinski definition) is 0. The molecule has 1 saturated carbocycles. The van der Waals surface area contributed by atoms with Gasteiger partial charge in [-0.1, -0.05) is 17.7 Å². The molecule has 2 aromatic rings. The lowest BCUT2D eigenvalue weighted by Gasteiger charge is -2.21. The molecule has 0 aliphatic heterocycles. The normalized spacial score (nSPS) is 15.7. The molecular weight excluding hydrogens is 316 g/mol. The van der Waals surface area contributed by atoms with E-state index < -0.39 is 10.0 Å². The Morgan fingerprint density at radius 1 is 1.35 bits per heavy atom. The molecule has 0 amide bonds. The summed E-state index contributed by atoms with van der Waals surface area (Å²) in [5.74, 6) is 0. The Kier molecular flexibility index (Phi) is 3.81. The van der Waals surface area contributed by atoms with Crippen molar-refractivity contribution < 1.29 is 8.42 Å². The van der Waals surface area contributed by atoms with Crippen molar-refractivity contribution in [2.24, 2.45) is 0 Å². The highest BCUT2D eigenvalue weighted by atomic mass is 35.5. The molecule has 106 valence electrons. The minimum Gasteiger partial charge on any atom is -0.243 e. The Morgan fingerprint density at radius 3 is 2.70 bits per heavy atom. The van der Waals surface area contributed by atoms with E-state index in [1.807, 2.05) is 17.5 Å². The first-order valence-electron chi connectivity index (χ1n) is 6.23. The molecule has 1 fully saturated rings. The molecule has 3 rings (SSSR count). The maximum atomic E-state index is 12.7. The topological polar surface area (TPSA) is 50.3 Å². The number of sulfonamides is 1. The Hall–Kier alpha value is -0.950. The molecule has 2 aromatic heterocycles. The number of thiophene rings is 1. The molecule has 0 bridgehead atoms. The minimum absolute atomic E-state index is 0.109. The van der Waals surface area contributed by atoms with E-state index in [1.165, 1.54) is 18.3 Å². The molecule has 1 aliphatic carbocycles. The summed E-state index contributed by atoms with van der Waals surface area (Å²) in [4.78, 5) is 5.11. The van der Waals surface area contributed by atoms with Crippen LogP contribution in [0.5, 0.6) is 0 Å². The van der Waals surface area contributed by atoms with Crippen molar-refractivity contribution >= 4 is 33.0 Å². The average molecular weight is 329 g/mol. The van der Waals surface area contributed by atoms with Crippen LogP contribution >= 0.6 is 22.9 Å². The molecule has 0 aromatic carbocycles. The van der Waals surface area contributed by atoms with Gasteiger partial charge in [-0.2, -0.15) is 4.31 Å². The highest BCUT2D eigenvalue weighted by Gasteiger charge is 2.38. The van der Waals surface area contributed by atoms with Crippen molar-refractivity contribution in [3.8, 4) is 0 Å². The van der Waals surface area contributed by atoms with Crippen LogP contribution in [0.15, 0.2) is 40.7 Å². The zero-order valence-corrected chi connectivity index (χ0v) is 13.0. The van der Waals surface area contributed by atoms with Crippen LogP contribution < -0.4 is 0 Å². The summed E-state index contributed by atoms with van der Waals surface area (Å²) < 4.78 is 27.0. The lowest BCUT2D eigenvalue weighted by Crippen LogP contribution is -2.32. The van der Waals surface area contributed by atoms with Crippen molar-refractivity contribution in [1.29, 1.82) is 0 Å². The quantitative estimate of drug-likeness (QED) is 0.792. The van der Waals surface area contributed by atoms with Gasteiger partial charge in [0.15, 0.2) is 0 Å². The maximum Gasteiger partial charge on any atom is 0.245 e. The van der Waals surface area contributed by atoms with Crippen molar-refractivity contribution in [1.82, 2.24) is 9.29 Å². The third-order valence-electron chi connectivity index (χ3n) is 3.15. The van der Waals surface area contributed by atoms with Gasteiger partial charge in [-0.15, -0.1) is 11.3 Å². The van der Waals surface area contributed by atoms with Crippen LogP contribution in [-0.2, 0) is 16.6 Å². The number of rotatable bonds is 5. The molecule has 20 heavy (non-hydrogen) atoms. The molecule has 1 aliphatic rings. The maximum absolute atomic E-state index is 12.7. The summed E-state index contributed by atoms with van der Waals surface area (Å²) in [6, 6.07) is 7.01. The van der Waals surface area contributed by atoms with Crippen LogP contribution in [0.2, 0.25) is 5.15 Å². The van der Waals surface area contributed by atoms with Gasteiger partial charge in [0.2, 0.25) is 10.0 Å². The molecule has 4 nitrogen and oxygen atoms in total. The van der Waals surface area contributed by atoms with E-state index in [9.17, 15) is 8.42 Å². The van der Waals surface area contributed by atoms with Gasteiger partial charge in [0.05, 0.1) is 0 Å². The Balaban J connectivity index is 1.91. The monoisotopic (exact) mass is 328 g/mol. The van der Waals surface area contributed by atoms with E-state index in [0.717, 1.165) is 17.7 Å². The third kappa shape index (κ3) is 2.88. The SMILES string of the molecule is O=S(=O)(c1ccc(Cl)nc1)N(Cc1cccs1)C1CC1. The minimum atomic E-state index is -3.51. The Labute approximate surface area is 127 Å². The van der Waals surface area contributed by atoms with E-state index >= 15 is 0 Å². The van der Waals surface area contributed by atoms with E-state index in [0.29, 0.717) is 11.7 Å². The molecule has 0 radical (unpaired) electrons. The van der Waals surface area contributed by atoms with Crippen LogP contribution in [0.4, 0.5) is 0 Å². The Morgan fingerprint density at radius 2 is 2.15 bits per heavy atom. The molecule has 0 unspecified atom stereocenters. The van der Waals surface area contributed by atoms with Gasteiger partial charge in [-0.05, 0) is 36.4 Å². The summed E-state index contributed by atoms with van der Waals surface area (Å²) in [7, 11) is -3.51. The van der Waals surface area contributed by atoms with Gasteiger partial charge in [0.1, 0.15) is 10.0 Å². The lowest BCUT2D eigenvalue weighted by molar-refractivity contribution is 0.401. The van der Waals surface area contributed by atoms with Crippen molar-refractivity contribution in [3.63, 3.8) is 0 Å². The second kappa shape index (κ2) is 5.44. The predicted octanol–water partition coefficient (Wildman–Crippen LogP) is 3.15. The van der Waals surface area contributed by atoms with Crippen LogP contribution in [0.3, 0.4) is 0 Å². The van der Waals surface area contributed by atoms with E-state index in [4.69, 9.17) is 11.6 Å². The number of hydrogen-bond acceptors (Lipinski definition) is 4. The first-order valence-corrected chi connectivity index (χ1v) is 8.93. The average Bonchev–Trinajstić information content (AvgIpc) is 3.12. The van der Waals surface area contributed by atoms with Gasteiger partial charge >= 0.3 is 0 Å². The third-order valence-corrected chi connectivity index (χ3v) is 6.12. The highest BCUT2D eigenvalue weighted by molar-refractivity contribution is 7.89. The van der Waals surface area contributed by atoms with Crippen LogP contribution in [0.1, 0.15) is 17.7 Å². The smallest absolute Gasteiger partial charge is 0.243 e. The van der Waals surface area contributed by atoms with Gasteiger partial charge in [-0.3, -0.25) is 0 Å². The van der Waals surface area contributed by atoms with Gasteiger partial charge < -0.3 is 0 Å². The van der Waals surface area contributed by atoms with Crippen LogP contribution in [-0.4, -0.2) is 23.7 Å². The first kappa shape index (κ1) is 14.0. The predicted molar refractivity (Wildman–Crippen MR) is 79.3 cm³/mol. The first-order chi connectivity index (χ1) is 9.57. The second-order valence-electron chi connectivity index (χ2n) is 4.68. The van der Waals surface area contributed by atoms with Crippen LogP contribution in [0.25, 0.3) is 0 Å². The van der Waals surface area contributed by atoms with Gasteiger partial charge in [0, 0.05) is 23.7 Å². The van der Waals surface area contributed by atoms with Crippen molar-refractivity contribution in [2.75, 3.05) is 0 Å². The number of pyridine rings is 1. The molecule has 0 atom stereocenters. The fourth-order valence-corrected chi connectivity index (χ4v) is 4.48. The fraction of sp³-hybridized carbons (Fsp3) is 0.308. The van der Waals surface area contributed by atoms with Crippen molar-refractivity contribution in [2.45, 2.75) is 30.3 Å². The largest absolute Gasteiger partial charge is 0.245 e. The summed E-state index contributed by atoms with van der Waals surface area (Å²) >= 11 is 7.28. The fourth-order valence-electron chi connectivity index (χ4n) is 1.98. The molecule has 2 heterocycles. The van der Waals surface area contributed by atoms with Crippen molar-refractivity contribution in [3.05, 3.63) is 45.9 Å². The second-order valence-corrected chi connectivity index (χ2v) is 7.99.